The van der Waals surface area contributed by atoms with Gasteiger partial charge in [0.05, 0.1) is 23.8 Å². The van der Waals surface area contributed by atoms with E-state index in [1.54, 1.807) is 6.07 Å². The van der Waals surface area contributed by atoms with Gasteiger partial charge in [-0.3, -0.25) is 4.79 Å². The zero-order valence-corrected chi connectivity index (χ0v) is 18.0. The van der Waals surface area contributed by atoms with Crippen molar-refractivity contribution in [1.82, 2.24) is 5.32 Å². The molecule has 0 aliphatic carbocycles. The number of ketones is 1. The van der Waals surface area contributed by atoms with Gasteiger partial charge in [-0.15, -0.1) is 0 Å². The summed E-state index contributed by atoms with van der Waals surface area (Å²) in [4.78, 5) is 24.7. The van der Waals surface area contributed by atoms with Crippen molar-refractivity contribution in [3.8, 4) is 5.75 Å². The van der Waals surface area contributed by atoms with Gasteiger partial charge in [-0.05, 0) is 54.8 Å². The van der Waals surface area contributed by atoms with Gasteiger partial charge in [-0.2, -0.15) is 26.3 Å². The summed E-state index contributed by atoms with van der Waals surface area (Å²) in [5, 5.41) is 3.23. The molecule has 1 aliphatic rings. The molecule has 2 aromatic rings. The Labute approximate surface area is 191 Å². The van der Waals surface area contributed by atoms with Crippen LogP contribution in [0.4, 0.5) is 26.3 Å². The van der Waals surface area contributed by atoms with E-state index in [4.69, 9.17) is 4.74 Å². The van der Waals surface area contributed by atoms with Crippen LogP contribution in [0.15, 0.2) is 36.4 Å². The first-order valence-electron chi connectivity index (χ1n) is 10.3. The highest BCUT2D eigenvalue weighted by Crippen LogP contribution is 2.37. The van der Waals surface area contributed by atoms with Crippen LogP contribution in [0.2, 0.25) is 0 Å². The van der Waals surface area contributed by atoms with Crippen LogP contribution in [0.3, 0.4) is 0 Å². The molecule has 1 fully saturated rings. The molecule has 1 unspecified atom stereocenters. The van der Waals surface area contributed by atoms with E-state index in [9.17, 15) is 35.9 Å². The van der Waals surface area contributed by atoms with Crippen molar-refractivity contribution in [3.05, 3.63) is 64.2 Å². The van der Waals surface area contributed by atoms with Gasteiger partial charge in [0.15, 0.2) is 0 Å². The van der Waals surface area contributed by atoms with Gasteiger partial charge in [-0.1, -0.05) is 18.6 Å². The standard InChI is InChI=1S/C23H21F6NO4/c1-33-21(32)20(31)19-16(17-6-2-3-8-30-17)5-4-7-18(19)34-12-13-9-14(22(24,25)26)11-15(10-13)23(27,28)29/h4-5,7,9-11,17,30H,2-3,6,8,12H2,1H3. The normalized spacial score (nSPS) is 16.7. The molecule has 0 amide bonds. The Morgan fingerprint density at radius 1 is 1.00 bits per heavy atom. The van der Waals surface area contributed by atoms with E-state index < -0.39 is 47.4 Å². The van der Waals surface area contributed by atoms with Gasteiger partial charge in [0.25, 0.3) is 5.78 Å². The number of halogens is 6. The van der Waals surface area contributed by atoms with Crippen LogP contribution in [0.25, 0.3) is 0 Å². The minimum absolute atomic E-state index is 0.0189. The molecular weight excluding hydrogens is 468 g/mol. The Morgan fingerprint density at radius 3 is 2.18 bits per heavy atom. The van der Waals surface area contributed by atoms with E-state index in [1.807, 2.05) is 0 Å². The fourth-order valence-electron chi connectivity index (χ4n) is 3.78. The Kier molecular flexibility index (Phi) is 7.54. The van der Waals surface area contributed by atoms with Crippen molar-refractivity contribution in [2.75, 3.05) is 13.7 Å². The Bertz CT molecular complexity index is 1030. The average molecular weight is 489 g/mol. The molecule has 2 aromatic carbocycles. The minimum Gasteiger partial charge on any atom is -0.488 e. The summed E-state index contributed by atoms with van der Waals surface area (Å²) in [7, 11) is 1.02. The molecular formula is C23H21F6NO4. The number of methoxy groups -OCH3 is 1. The van der Waals surface area contributed by atoms with Crippen molar-refractivity contribution >= 4 is 11.8 Å². The Morgan fingerprint density at radius 2 is 1.65 bits per heavy atom. The van der Waals surface area contributed by atoms with E-state index in [0.29, 0.717) is 30.7 Å². The van der Waals surface area contributed by atoms with E-state index in [1.165, 1.54) is 12.1 Å². The molecule has 0 radical (unpaired) electrons. The first kappa shape index (κ1) is 25.5. The molecule has 5 nitrogen and oxygen atoms in total. The fourth-order valence-corrected chi connectivity index (χ4v) is 3.78. The molecule has 1 atom stereocenters. The predicted molar refractivity (Wildman–Crippen MR) is 108 cm³/mol. The molecule has 11 heteroatoms. The summed E-state index contributed by atoms with van der Waals surface area (Å²) in [6, 6.07) is 5.28. The predicted octanol–water partition coefficient (Wildman–Crippen LogP) is 5.47. The highest BCUT2D eigenvalue weighted by Gasteiger charge is 2.37. The van der Waals surface area contributed by atoms with Gasteiger partial charge < -0.3 is 14.8 Å². The highest BCUT2D eigenvalue weighted by atomic mass is 19.4. The van der Waals surface area contributed by atoms with Crippen molar-refractivity contribution in [3.63, 3.8) is 0 Å². The summed E-state index contributed by atoms with van der Waals surface area (Å²) in [6.07, 6.45) is -7.57. The number of carbonyl (C=O) groups excluding carboxylic acids is 2. The van der Waals surface area contributed by atoms with Crippen molar-refractivity contribution in [2.45, 2.75) is 44.3 Å². The monoisotopic (exact) mass is 489 g/mol. The maximum absolute atomic E-state index is 13.1. The van der Waals surface area contributed by atoms with Gasteiger partial charge in [-0.25, -0.2) is 4.79 Å². The lowest BCUT2D eigenvalue weighted by atomic mass is 9.91. The van der Waals surface area contributed by atoms with Crippen LogP contribution < -0.4 is 10.1 Å². The first-order valence-corrected chi connectivity index (χ1v) is 10.3. The van der Waals surface area contributed by atoms with Crippen LogP contribution in [0.5, 0.6) is 5.75 Å². The highest BCUT2D eigenvalue weighted by molar-refractivity contribution is 6.41. The number of nitrogens with one attached hydrogen (secondary N) is 1. The molecule has 184 valence electrons. The molecule has 34 heavy (non-hydrogen) atoms. The number of carbonyl (C=O) groups is 2. The van der Waals surface area contributed by atoms with Gasteiger partial charge in [0.2, 0.25) is 0 Å². The largest absolute Gasteiger partial charge is 0.488 e. The van der Waals surface area contributed by atoms with E-state index >= 15 is 0 Å². The lowest BCUT2D eigenvalue weighted by molar-refractivity contribution is -0.143. The number of ether oxygens (including phenoxy) is 2. The number of alkyl halides is 6. The summed E-state index contributed by atoms with van der Waals surface area (Å²) < 4.78 is 88.9. The molecule has 1 heterocycles. The number of benzene rings is 2. The number of esters is 1. The SMILES string of the molecule is COC(=O)C(=O)c1c(OCc2cc(C(F)(F)F)cc(C(F)(F)F)c2)cccc1C1CCCCN1. The van der Waals surface area contributed by atoms with Crippen molar-refractivity contribution in [1.29, 1.82) is 0 Å². The zero-order chi connectivity index (χ0) is 25.1. The molecule has 1 N–H and O–H groups in total. The van der Waals surface area contributed by atoms with Crippen LogP contribution >= 0.6 is 0 Å². The number of rotatable bonds is 6. The maximum Gasteiger partial charge on any atom is 0.416 e. The summed E-state index contributed by atoms with van der Waals surface area (Å²) in [5.41, 5.74) is -3.07. The lowest BCUT2D eigenvalue weighted by Crippen LogP contribution is -2.29. The topological polar surface area (TPSA) is 64.6 Å². The van der Waals surface area contributed by atoms with E-state index in [-0.39, 0.29) is 23.4 Å². The quantitative estimate of drug-likeness (QED) is 0.252. The molecule has 1 saturated heterocycles. The molecule has 0 saturated carbocycles. The van der Waals surface area contributed by atoms with Gasteiger partial charge in [0.1, 0.15) is 12.4 Å². The molecule has 0 bridgehead atoms. The minimum atomic E-state index is -5.01. The zero-order valence-electron chi connectivity index (χ0n) is 18.0. The van der Waals surface area contributed by atoms with Crippen LogP contribution in [-0.4, -0.2) is 25.4 Å². The third-order valence-electron chi connectivity index (χ3n) is 5.38. The second-order valence-electron chi connectivity index (χ2n) is 7.75. The number of hydrogen-bond acceptors (Lipinski definition) is 5. The van der Waals surface area contributed by atoms with E-state index in [2.05, 4.69) is 10.1 Å². The second-order valence-corrected chi connectivity index (χ2v) is 7.75. The summed E-state index contributed by atoms with van der Waals surface area (Å²) in [6.45, 7) is -0.0257. The summed E-state index contributed by atoms with van der Waals surface area (Å²) >= 11 is 0. The summed E-state index contributed by atoms with van der Waals surface area (Å²) in [5.74, 6) is -2.35. The first-order chi connectivity index (χ1) is 15.9. The Hall–Kier alpha value is -3.08. The third-order valence-corrected chi connectivity index (χ3v) is 5.38. The van der Waals surface area contributed by atoms with Gasteiger partial charge in [0, 0.05) is 6.04 Å². The average Bonchev–Trinajstić information content (AvgIpc) is 2.80. The molecule has 3 rings (SSSR count). The van der Waals surface area contributed by atoms with Gasteiger partial charge >= 0.3 is 18.3 Å². The van der Waals surface area contributed by atoms with Crippen molar-refractivity contribution in [2.24, 2.45) is 0 Å². The maximum atomic E-state index is 13.1. The fraction of sp³-hybridized carbons (Fsp3) is 0.391. The molecule has 0 spiro atoms. The second kappa shape index (κ2) is 10.0. The Balaban J connectivity index is 2.00. The number of hydrogen-bond donors (Lipinski definition) is 1. The van der Waals surface area contributed by atoms with E-state index in [0.717, 1.165) is 20.0 Å². The van der Waals surface area contributed by atoms with Crippen LogP contribution in [0.1, 0.15) is 57.9 Å². The molecule has 1 aliphatic heterocycles. The van der Waals surface area contributed by atoms with Crippen molar-refractivity contribution < 1.29 is 45.4 Å². The number of Topliss-reactive ketones (excluding diaryl/α,β-unsaturated/α-hetero) is 1. The lowest BCUT2D eigenvalue weighted by Gasteiger charge is -2.26. The smallest absolute Gasteiger partial charge is 0.416 e. The third kappa shape index (κ3) is 5.88. The van der Waals surface area contributed by atoms with Crippen LogP contribution in [-0.2, 0) is 28.5 Å². The van der Waals surface area contributed by atoms with Crippen LogP contribution in [0, 0.1) is 0 Å². The number of piperidine rings is 1. The molecule has 0 aromatic heterocycles.